The fourth-order valence-corrected chi connectivity index (χ4v) is 4.67. The van der Waals surface area contributed by atoms with E-state index in [1.807, 2.05) is 26.0 Å². The van der Waals surface area contributed by atoms with Crippen molar-refractivity contribution in [3.05, 3.63) is 99.9 Å². The molecule has 6 heteroatoms. The standard InChI is InChI=1S/C25H21FO4S/c1-17-5-4-6-22(18(17)2)16-31(28,29)24-14-11-21(25(27)30-3)15-20(24)10-7-19-8-12-23(26)13-9-19/h4-6,8-9,11-15H,16H2,1-3H3. The number of esters is 1. The summed E-state index contributed by atoms with van der Waals surface area (Å²) in [6.45, 7) is 3.81. The average Bonchev–Trinajstić information content (AvgIpc) is 2.75. The van der Waals surface area contributed by atoms with E-state index in [9.17, 15) is 17.6 Å². The molecule has 0 saturated carbocycles. The smallest absolute Gasteiger partial charge is 0.337 e. The Kier molecular flexibility index (Phi) is 6.57. The van der Waals surface area contributed by atoms with Crippen LogP contribution >= 0.6 is 0 Å². The number of halogens is 1. The highest BCUT2D eigenvalue weighted by Gasteiger charge is 2.21. The number of carbonyl (C=O) groups excluding carboxylic acids is 1. The Balaban J connectivity index is 2.09. The first-order chi connectivity index (χ1) is 14.7. The third-order valence-electron chi connectivity index (χ3n) is 4.98. The van der Waals surface area contributed by atoms with E-state index in [2.05, 4.69) is 11.8 Å². The molecule has 0 atom stereocenters. The third-order valence-corrected chi connectivity index (χ3v) is 6.70. The van der Waals surface area contributed by atoms with Gasteiger partial charge in [0.1, 0.15) is 5.82 Å². The zero-order valence-electron chi connectivity index (χ0n) is 17.4. The maximum atomic E-state index is 13.3. The van der Waals surface area contributed by atoms with Crippen molar-refractivity contribution in [2.45, 2.75) is 24.5 Å². The second-order valence-corrected chi connectivity index (χ2v) is 9.04. The van der Waals surface area contributed by atoms with Crippen LogP contribution in [-0.2, 0) is 20.3 Å². The van der Waals surface area contributed by atoms with Crippen LogP contribution in [0.25, 0.3) is 0 Å². The van der Waals surface area contributed by atoms with E-state index >= 15 is 0 Å². The zero-order chi connectivity index (χ0) is 22.6. The lowest BCUT2D eigenvalue weighted by Gasteiger charge is -2.12. The van der Waals surface area contributed by atoms with E-state index in [4.69, 9.17) is 4.74 Å². The number of benzene rings is 3. The molecule has 0 aliphatic heterocycles. The minimum Gasteiger partial charge on any atom is -0.465 e. The molecule has 0 saturated heterocycles. The number of ether oxygens (including phenoxy) is 1. The van der Waals surface area contributed by atoms with Crippen LogP contribution in [-0.4, -0.2) is 21.5 Å². The van der Waals surface area contributed by atoms with Crippen molar-refractivity contribution in [1.82, 2.24) is 0 Å². The van der Waals surface area contributed by atoms with Crippen LogP contribution in [0.3, 0.4) is 0 Å². The maximum absolute atomic E-state index is 13.3. The van der Waals surface area contributed by atoms with Crippen LogP contribution in [0.15, 0.2) is 65.6 Å². The number of sulfone groups is 1. The third kappa shape index (κ3) is 5.19. The van der Waals surface area contributed by atoms with E-state index in [1.165, 1.54) is 49.6 Å². The van der Waals surface area contributed by atoms with Gasteiger partial charge in [0.05, 0.1) is 23.3 Å². The van der Waals surface area contributed by atoms with E-state index < -0.39 is 21.6 Å². The van der Waals surface area contributed by atoms with Gasteiger partial charge in [-0.1, -0.05) is 30.0 Å². The molecular weight excluding hydrogens is 415 g/mol. The molecule has 0 heterocycles. The monoisotopic (exact) mass is 436 g/mol. The van der Waals surface area contributed by atoms with Crippen molar-refractivity contribution in [1.29, 1.82) is 0 Å². The summed E-state index contributed by atoms with van der Waals surface area (Å²) in [6.07, 6.45) is 0. The molecule has 0 bridgehead atoms. The SMILES string of the molecule is COC(=O)c1ccc(S(=O)(=O)Cc2cccc(C)c2C)c(C#Cc2ccc(F)cc2)c1. The van der Waals surface area contributed by atoms with Gasteiger partial charge >= 0.3 is 5.97 Å². The first kappa shape index (κ1) is 22.3. The van der Waals surface area contributed by atoms with Crippen LogP contribution in [0, 0.1) is 31.5 Å². The molecule has 0 radical (unpaired) electrons. The first-order valence-corrected chi connectivity index (χ1v) is 11.1. The predicted molar refractivity (Wildman–Crippen MR) is 117 cm³/mol. The van der Waals surface area contributed by atoms with Gasteiger partial charge in [-0.25, -0.2) is 17.6 Å². The molecule has 158 valence electrons. The van der Waals surface area contributed by atoms with Crippen LogP contribution in [0.5, 0.6) is 0 Å². The molecule has 3 rings (SSSR count). The molecule has 0 amide bonds. The minimum absolute atomic E-state index is 0.0238. The highest BCUT2D eigenvalue weighted by atomic mass is 32.2. The average molecular weight is 437 g/mol. The first-order valence-electron chi connectivity index (χ1n) is 9.49. The van der Waals surface area contributed by atoms with Crippen LogP contribution in [0.4, 0.5) is 4.39 Å². The van der Waals surface area contributed by atoms with Crippen LogP contribution < -0.4 is 0 Å². The van der Waals surface area contributed by atoms with Crippen LogP contribution in [0.1, 0.15) is 38.2 Å². The molecule has 0 aromatic heterocycles. The van der Waals surface area contributed by atoms with Gasteiger partial charge in [0, 0.05) is 11.1 Å². The Morgan fingerprint density at radius 2 is 1.71 bits per heavy atom. The van der Waals surface area contributed by atoms with Gasteiger partial charge in [0.25, 0.3) is 0 Å². The lowest BCUT2D eigenvalue weighted by Crippen LogP contribution is -2.10. The van der Waals surface area contributed by atoms with Gasteiger partial charge in [-0.05, 0) is 73.0 Å². The Hall–Kier alpha value is -3.43. The number of methoxy groups -OCH3 is 1. The molecule has 3 aromatic rings. The van der Waals surface area contributed by atoms with Crippen molar-refractivity contribution in [3.63, 3.8) is 0 Å². The number of hydrogen-bond acceptors (Lipinski definition) is 4. The number of aryl methyl sites for hydroxylation is 1. The Morgan fingerprint density at radius 3 is 2.39 bits per heavy atom. The summed E-state index contributed by atoms with van der Waals surface area (Å²) in [5, 5.41) is 0. The Bertz CT molecular complexity index is 1300. The largest absolute Gasteiger partial charge is 0.465 e. The minimum atomic E-state index is -3.76. The summed E-state index contributed by atoms with van der Waals surface area (Å²) < 4.78 is 44.4. The van der Waals surface area contributed by atoms with Gasteiger partial charge in [-0.2, -0.15) is 0 Å². The van der Waals surface area contributed by atoms with Crippen LogP contribution in [0.2, 0.25) is 0 Å². The van der Waals surface area contributed by atoms with Gasteiger partial charge in [0.15, 0.2) is 9.84 Å². The van der Waals surface area contributed by atoms with Crippen molar-refractivity contribution in [3.8, 4) is 11.8 Å². The summed E-state index contributed by atoms with van der Waals surface area (Å²) in [5.41, 5.74) is 3.51. The molecule has 0 aliphatic carbocycles. The lowest BCUT2D eigenvalue weighted by molar-refractivity contribution is 0.0600. The second-order valence-electron chi connectivity index (χ2n) is 7.08. The van der Waals surface area contributed by atoms with Crippen molar-refractivity contribution < 1.29 is 22.3 Å². The summed E-state index contributed by atoms with van der Waals surface area (Å²) in [4.78, 5) is 12.0. The van der Waals surface area contributed by atoms with Crippen molar-refractivity contribution in [2.24, 2.45) is 0 Å². The topological polar surface area (TPSA) is 60.4 Å². The quantitative estimate of drug-likeness (QED) is 0.443. The molecule has 31 heavy (non-hydrogen) atoms. The summed E-state index contributed by atoms with van der Waals surface area (Å²) in [7, 11) is -2.51. The summed E-state index contributed by atoms with van der Waals surface area (Å²) in [6, 6.07) is 15.3. The lowest BCUT2D eigenvalue weighted by atomic mass is 10.1. The highest BCUT2D eigenvalue weighted by molar-refractivity contribution is 7.90. The van der Waals surface area contributed by atoms with Gasteiger partial charge in [0.2, 0.25) is 0 Å². The van der Waals surface area contributed by atoms with E-state index in [0.29, 0.717) is 11.1 Å². The zero-order valence-corrected chi connectivity index (χ0v) is 18.2. The number of rotatable bonds is 4. The van der Waals surface area contributed by atoms with Gasteiger partial charge in [-0.3, -0.25) is 0 Å². The molecule has 0 aliphatic rings. The van der Waals surface area contributed by atoms with Gasteiger partial charge in [-0.15, -0.1) is 0 Å². The fourth-order valence-electron chi connectivity index (χ4n) is 3.07. The summed E-state index contributed by atoms with van der Waals surface area (Å²) >= 11 is 0. The number of carbonyl (C=O) groups is 1. The van der Waals surface area contributed by atoms with Crippen molar-refractivity contribution in [2.75, 3.05) is 7.11 Å². The molecule has 0 spiro atoms. The van der Waals surface area contributed by atoms with E-state index in [-0.39, 0.29) is 21.8 Å². The molecule has 0 N–H and O–H groups in total. The Labute approximate surface area is 181 Å². The molecule has 0 fully saturated rings. The second kappa shape index (κ2) is 9.15. The molecule has 3 aromatic carbocycles. The van der Waals surface area contributed by atoms with E-state index in [0.717, 1.165) is 11.1 Å². The molecular formula is C25H21FO4S. The van der Waals surface area contributed by atoms with Gasteiger partial charge < -0.3 is 4.74 Å². The Morgan fingerprint density at radius 1 is 1.00 bits per heavy atom. The predicted octanol–water partition coefficient (Wildman–Crippen LogP) is 4.60. The fraction of sp³-hybridized carbons (Fsp3) is 0.160. The highest BCUT2D eigenvalue weighted by Crippen LogP contribution is 2.24. The molecule has 0 unspecified atom stereocenters. The number of hydrogen-bond donors (Lipinski definition) is 0. The van der Waals surface area contributed by atoms with Crippen molar-refractivity contribution >= 4 is 15.8 Å². The maximum Gasteiger partial charge on any atom is 0.337 e. The normalized spacial score (nSPS) is 10.8. The summed E-state index contributed by atoms with van der Waals surface area (Å²) in [5.74, 6) is 4.48. The van der Waals surface area contributed by atoms with E-state index in [1.54, 1.807) is 6.07 Å². The molecule has 4 nitrogen and oxygen atoms in total.